The van der Waals surface area contributed by atoms with Crippen LogP contribution >= 0.6 is 11.6 Å². The maximum absolute atomic E-state index is 13.0. The van der Waals surface area contributed by atoms with E-state index >= 15 is 0 Å². The Balaban J connectivity index is 1.54. The van der Waals surface area contributed by atoms with E-state index in [1.165, 1.54) is 39.9 Å². The molecule has 9 heteroatoms. The van der Waals surface area contributed by atoms with Crippen LogP contribution in [-0.4, -0.2) is 32.9 Å². The molecule has 2 aromatic carbocycles. The summed E-state index contributed by atoms with van der Waals surface area (Å²) in [6.45, 7) is 0.978. The molecule has 0 bridgehead atoms. The number of aromatic nitrogens is 1. The number of carbonyl (C=O) groups excluding carboxylic acids is 2. The minimum atomic E-state index is -0.925. The number of carbonyl (C=O) groups is 2. The van der Waals surface area contributed by atoms with Crippen molar-refractivity contribution in [2.24, 2.45) is 0 Å². The molecular weight excluding hydrogens is 437 g/mol. The predicted octanol–water partition coefficient (Wildman–Crippen LogP) is 2.93. The maximum Gasteiger partial charge on any atom is 0.274 e. The molecule has 0 saturated heterocycles. The zero-order valence-electron chi connectivity index (χ0n) is 16.8. The molecule has 2 heterocycles. The largest absolute Gasteiger partial charge is 0.503 e. The molecule has 3 aromatic rings. The van der Waals surface area contributed by atoms with Crippen LogP contribution in [0.4, 0.5) is 4.39 Å². The van der Waals surface area contributed by atoms with Crippen molar-refractivity contribution in [1.82, 2.24) is 14.8 Å². The fourth-order valence-corrected chi connectivity index (χ4v) is 3.79. The van der Waals surface area contributed by atoms with Crippen LogP contribution in [0.5, 0.6) is 5.75 Å². The molecule has 0 fully saturated rings. The van der Waals surface area contributed by atoms with Crippen LogP contribution in [0.3, 0.4) is 0 Å². The van der Waals surface area contributed by atoms with Crippen molar-refractivity contribution < 1.29 is 19.1 Å². The number of nitrogens with one attached hydrogen (secondary N) is 1. The maximum atomic E-state index is 13.0. The first-order valence-corrected chi connectivity index (χ1v) is 10.2. The summed E-state index contributed by atoms with van der Waals surface area (Å²) in [6.07, 6.45) is 1.28. The van der Waals surface area contributed by atoms with Crippen LogP contribution in [0, 0.1) is 5.82 Å². The number of pyridine rings is 1. The summed E-state index contributed by atoms with van der Waals surface area (Å²) in [6, 6.07) is 12.6. The van der Waals surface area contributed by atoms with E-state index in [4.69, 9.17) is 11.6 Å². The minimum Gasteiger partial charge on any atom is -0.503 e. The molecule has 2 amide bonds. The Hall–Kier alpha value is -3.65. The summed E-state index contributed by atoms with van der Waals surface area (Å²) >= 11 is 6.00. The molecule has 4 rings (SSSR count). The molecule has 164 valence electrons. The van der Waals surface area contributed by atoms with E-state index < -0.39 is 28.8 Å². The lowest BCUT2D eigenvalue weighted by atomic mass is 10.1. The number of amides is 2. The van der Waals surface area contributed by atoms with Gasteiger partial charge >= 0.3 is 0 Å². The van der Waals surface area contributed by atoms with Crippen molar-refractivity contribution in [3.63, 3.8) is 0 Å². The summed E-state index contributed by atoms with van der Waals surface area (Å²) in [5, 5.41) is 13.6. The summed E-state index contributed by atoms with van der Waals surface area (Å²) in [4.78, 5) is 39.6. The zero-order chi connectivity index (χ0) is 22.8. The first-order valence-electron chi connectivity index (χ1n) is 9.86. The van der Waals surface area contributed by atoms with Crippen LogP contribution < -0.4 is 10.7 Å². The van der Waals surface area contributed by atoms with Gasteiger partial charge in [0.1, 0.15) is 11.4 Å². The highest BCUT2D eigenvalue weighted by molar-refractivity contribution is 6.30. The number of hydrogen-bond donors (Lipinski definition) is 2. The second-order valence-corrected chi connectivity index (χ2v) is 7.86. The Morgan fingerprint density at radius 3 is 2.56 bits per heavy atom. The van der Waals surface area contributed by atoms with Crippen LogP contribution in [0.1, 0.15) is 32.0 Å². The lowest BCUT2D eigenvalue weighted by Gasteiger charge is -2.30. The molecule has 0 radical (unpaired) electrons. The summed E-state index contributed by atoms with van der Waals surface area (Å²) in [7, 11) is 0. The highest BCUT2D eigenvalue weighted by atomic mass is 35.5. The minimum absolute atomic E-state index is 0.0768. The van der Waals surface area contributed by atoms with Gasteiger partial charge in [-0.25, -0.2) is 4.39 Å². The molecule has 0 spiro atoms. The highest BCUT2D eigenvalue weighted by Gasteiger charge is 2.30. The molecule has 1 aliphatic heterocycles. The summed E-state index contributed by atoms with van der Waals surface area (Å²) in [5.74, 6) is -2.37. The van der Waals surface area contributed by atoms with Crippen molar-refractivity contribution in [3.05, 3.63) is 98.2 Å². The number of aromatic hydroxyl groups is 1. The van der Waals surface area contributed by atoms with Gasteiger partial charge in [-0.2, -0.15) is 0 Å². The van der Waals surface area contributed by atoms with Crippen LogP contribution in [-0.2, 0) is 19.6 Å². The number of benzene rings is 2. The van der Waals surface area contributed by atoms with E-state index in [0.717, 1.165) is 5.56 Å². The number of hydrogen-bond acceptors (Lipinski definition) is 4. The van der Waals surface area contributed by atoms with Gasteiger partial charge in [-0.3, -0.25) is 14.4 Å². The SMILES string of the molecule is O=C(NCc1ccc(F)cc1)c1cn2c(c(O)c1=O)C(=O)N(Cc1cccc(Cl)c1)CC2. The molecule has 0 saturated carbocycles. The van der Waals surface area contributed by atoms with Crippen molar-refractivity contribution >= 4 is 23.4 Å². The van der Waals surface area contributed by atoms with Crippen LogP contribution in [0.25, 0.3) is 0 Å². The monoisotopic (exact) mass is 455 g/mol. The lowest BCUT2D eigenvalue weighted by Crippen LogP contribution is -2.42. The second-order valence-electron chi connectivity index (χ2n) is 7.43. The molecule has 0 unspecified atom stereocenters. The summed E-state index contributed by atoms with van der Waals surface area (Å²) < 4.78 is 14.4. The molecule has 7 nitrogen and oxygen atoms in total. The molecular formula is C23H19ClFN3O4. The molecule has 1 aliphatic rings. The Kier molecular flexibility index (Phi) is 5.96. The van der Waals surface area contributed by atoms with Crippen molar-refractivity contribution in [2.75, 3.05) is 6.54 Å². The smallest absolute Gasteiger partial charge is 0.274 e. The molecule has 32 heavy (non-hydrogen) atoms. The molecule has 2 N–H and O–H groups in total. The Labute approximate surface area is 187 Å². The Morgan fingerprint density at radius 2 is 1.84 bits per heavy atom. The average Bonchev–Trinajstić information content (AvgIpc) is 2.77. The van der Waals surface area contributed by atoms with Gasteiger partial charge in [-0.1, -0.05) is 35.9 Å². The molecule has 0 atom stereocenters. The second kappa shape index (κ2) is 8.84. The van der Waals surface area contributed by atoms with Gasteiger partial charge in [-0.05, 0) is 35.4 Å². The van der Waals surface area contributed by atoms with Gasteiger partial charge in [0.25, 0.3) is 11.8 Å². The van der Waals surface area contributed by atoms with Gasteiger partial charge in [0.15, 0.2) is 11.4 Å². The first kappa shape index (κ1) is 21.6. The topological polar surface area (TPSA) is 91.6 Å². The fourth-order valence-electron chi connectivity index (χ4n) is 3.58. The van der Waals surface area contributed by atoms with E-state index in [9.17, 15) is 23.9 Å². The first-order chi connectivity index (χ1) is 15.3. The normalized spacial score (nSPS) is 13.1. The van der Waals surface area contributed by atoms with E-state index in [2.05, 4.69) is 5.32 Å². The van der Waals surface area contributed by atoms with Gasteiger partial charge in [0.2, 0.25) is 5.43 Å². The van der Waals surface area contributed by atoms with E-state index in [1.54, 1.807) is 18.2 Å². The third-order valence-corrected chi connectivity index (χ3v) is 5.47. The Morgan fingerprint density at radius 1 is 1.09 bits per heavy atom. The van der Waals surface area contributed by atoms with Gasteiger partial charge < -0.3 is 19.9 Å². The lowest BCUT2D eigenvalue weighted by molar-refractivity contribution is 0.0681. The van der Waals surface area contributed by atoms with Gasteiger partial charge in [-0.15, -0.1) is 0 Å². The molecule has 1 aromatic heterocycles. The standard InChI is InChI=1S/C23H19ClFN3O4/c24-16-3-1-2-15(10-16)12-28-9-8-27-13-18(20(29)21(30)19(27)23(28)32)22(31)26-11-14-4-6-17(25)7-5-14/h1-7,10,13,30H,8-9,11-12H2,(H,26,31). The van der Waals surface area contributed by atoms with Crippen molar-refractivity contribution in [2.45, 2.75) is 19.6 Å². The number of halogens is 2. The predicted molar refractivity (Wildman–Crippen MR) is 116 cm³/mol. The van der Waals surface area contributed by atoms with Crippen molar-refractivity contribution in [3.8, 4) is 5.75 Å². The highest BCUT2D eigenvalue weighted by Crippen LogP contribution is 2.22. The van der Waals surface area contributed by atoms with E-state index in [1.807, 2.05) is 6.07 Å². The van der Waals surface area contributed by atoms with Crippen LogP contribution in [0.2, 0.25) is 5.02 Å². The number of rotatable bonds is 5. The van der Waals surface area contributed by atoms with Gasteiger partial charge in [0.05, 0.1) is 0 Å². The molecule has 0 aliphatic carbocycles. The summed E-state index contributed by atoms with van der Waals surface area (Å²) in [5.41, 5.74) is 0.112. The zero-order valence-corrected chi connectivity index (χ0v) is 17.6. The third kappa shape index (κ3) is 4.36. The third-order valence-electron chi connectivity index (χ3n) is 5.23. The number of fused-ring (bicyclic) bond motifs is 1. The quantitative estimate of drug-likeness (QED) is 0.618. The van der Waals surface area contributed by atoms with E-state index in [-0.39, 0.29) is 24.3 Å². The average molecular weight is 456 g/mol. The van der Waals surface area contributed by atoms with Crippen LogP contribution in [0.15, 0.2) is 59.5 Å². The Bertz CT molecular complexity index is 1260. The number of nitrogens with zero attached hydrogens (tertiary/aromatic N) is 2. The fraction of sp³-hybridized carbons (Fsp3) is 0.174. The van der Waals surface area contributed by atoms with Crippen molar-refractivity contribution in [1.29, 1.82) is 0 Å². The van der Waals surface area contributed by atoms with E-state index in [0.29, 0.717) is 23.7 Å². The van der Waals surface area contributed by atoms with Gasteiger partial charge in [0, 0.05) is 37.4 Å².